The van der Waals surface area contributed by atoms with E-state index in [1.165, 1.54) is 0 Å². The Balaban J connectivity index is 2.51. The molecular weight excluding hydrogens is 224 g/mol. The van der Waals surface area contributed by atoms with Crippen LogP contribution in [0.25, 0.3) is 0 Å². The van der Waals surface area contributed by atoms with Crippen molar-refractivity contribution in [3.8, 4) is 0 Å². The fourth-order valence-electron chi connectivity index (χ4n) is 1.59. The molecule has 0 spiro atoms. The first-order valence-corrected chi connectivity index (χ1v) is 7.31. The molecule has 0 aliphatic carbocycles. The van der Waals surface area contributed by atoms with Crippen molar-refractivity contribution in [3.63, 3.8) is 0 Å². The van der Waals surface area contributed by atoms with E-state index in [4.69, 9.17) is 20.5 Å². The summed E-state index contributed by atoms with van der Waals surface area (Å²) >= 11 is 5.53. The van der Waals surface area contributed by atoms with Crippen LogP contribution in [0.4, 0.5) is 0 Å². The molecular formula is C8H17ClO4Si. The van der Waals surface area contributed by atoms with Crippen LogP contribution in [0, 0.1) is 0 Å². The molecule has 0 aromatic carbocycles. The lowest BCUT2D eigenvalue weighted by Gasteiger charge is -2.17. The number of hydrogen-bond donors (Lipinski definition) is 2. The first-order chi connectivity index (χ1) is 6.48. The largest absolute Gasteiger partial charge is 0.499 e. The van der Waals surface area contributed by atoms with Crippen LogP contribution in [-0.2, 0) is 8.85 Å². The Morgan fingerprint density at radius 3 is 2.57 bits per heavy atom. The van der Waals surface area contributed by atoms with Gasteiger partial charge in [-0.1, -0.05) is 0 Å². The predicted octanol–water partition coefficient (Wildman–Crippen LogP) is 0.731. The van der Waals surface area contributed by atoms with Gasteiger partial charge in [-0.25, -0.2) is 0 Å². The highest BCUT2D eigenvalue weighted by Crippen LogP contribution is 2.28. The smallest absolute Gasteiger partial charge is 0.391 e. The second kappa shape index (κ2) is 4.91. The molecule has 4 atom stereocenters. The molecule has 0 aromatic rings. The van der Waals surface area contributed by atoms with Gasteiger partial charge in [-0.15, -0.1) is 11.6 Å². The van der Waals surface area contributed by atoms with Gasteiger partial charge in [-0.2, -0.15) is 0 Å². The van der Waals surface area contributed by atoms with E-state index < -0.39 is 21.0 Å². The average molecular weight is 241 g/mol. The molecule has 4 nitrogen and oxygen atoms in total. The van der Waals surface area contributed by atoms with Crippen molar-refractivity contribution in [2.75, 3.05) is 5.88 Å². The standard InChI is InChI=1S/C8H17ClO4Si/c1-6(10)8-7(2)12-14(11,13-8)5-3-4-9/h6-8,10-11H,3-5H2,1-2H3. The maximum Gasteiger partial charge on any atom is 0.499 e. The zero-order chi connectivity index (χ0) is 10.8. The Hall–Kier alpha value is 0.347. The lowest BCUT2D eigenvalue weighted by atomic mass is 10.1. The maximum absolute atomic E-state index is 9.94. The summed E-state index contributed by atoms with van der Waals surface area (Å²) < 4.78 is 10.8. The molecule has 4 unspecified atom stereocenters. The summed E-state index contributed by atoms with van der Waals surface area (Å²) in [7, 11) is -3.04. The molecule has 1 aliphatic heterocycles. The van der Waals surface area contributed by atoms with Crippen molar-refractivity contribution in [2.24, 2.45) is 0 Å². The van der Waals surface area contributed by atoms with E-state index >= 15 is 0 Å². The molecule has 1 heterocycles. The van der Waals surface area contributed by atoms with Gasteiger partial charge >= 0.3 is 8.80 Å². The molecule has 1 rings (SSSR count). The Morgan fingerprint density at radius 2 is 2.14 bits per heavy atom. The quantitative estimate of drug-likeness (QED) is 0.562. The Labute approximate surface area is 90.2 Å². The van der Waals surface area contributed by atoms with Gasteiger partial charge in [-0.3, -0.25) is 0 Å². The minimum absolute atomic E-state index is 0.248. The van der Waals surface area contributed by atoms with Crippen LogP contribution >= 0.6 is 11.6 Å². The highest BCUT2D eigenvalue weighted by atomic mass is 35.5. The van der Waals surface area contributed by atoms with E-state index in [0.29, 0.717) is 18.3 Å². The number of halogens is 1. The van der Waals surface area contributed by atoms with Crippen LogP contribution in [0.15, 0.2) is 0 Å². The number of rotatable bonds is 4. The van der Waals surface area contributed by atoms with E-state index in [-0.39, 0.29) is 6.10 Å². The molecule has 6 heteroatoms. The minimum Gasteiger partial charge on any atom is -0.391 e. The summed E-state index contributed by atoms with van der Waals surface area (Å²) in [5, 5.41) is 9.36. The van der Waals surface area contributed by atoms with Crippen molar-refractivity contribution in [1.82, 2.24) is 0 Å². The average Bonchev–Trinajstić information content (AvgIpc) is 2.39. The predicted molar refractivity (Wildman–Crippen MR) is 55.2 cm³/mol. The lowest BCUT2D eigenvalue weighted by molar-refractivity contribution is 0.0318. The molecule has 0 aromatic heterocycles. The molecule has 0 amide bonds. The SMILES string of the molecule is CC(O)C1O[Si](O)(CCCCl)OC1C. The first-order valence-electron chi connectivity index (χ1n) is 4.80. The second-order valence-electron chi connectivity index (χ2n) is 3.65. The zero-order valence-corrected chi connectivity index (χ0v) is 10.2. The normalized spacial score (nSPS) is 40.1. The fraction of sp³-hybridized carbons (Fsp3) is 1.00. The third-order valence-electron chi connectivity index (χ3n) is 2.25. The summed E-state index contributed by atoms with van der Waals surface area (Å²) in [6.45, 7) is 3.43. The van der Waals surface area contributed by atoms with E-state index in [2.05, 4.69) is 0 Å². The van der Waals surface area contributed by atoms with Gasteiger partial charge in [0.05, 0.1) is 18.3 Å². The van der Waals surface area contributed by atoms with Crippen LogP contribution in [0.2, 0.25) is 6.04 Å². The number of hydrogen-bond acceptors (Lipinski definition) is 4. The Morgan fingerprint density at radius 1 is 1.50 bits per heavy atom. The van der Waals surface area contributed by atoms with Crippen molar-refractivity contribution in [2.45, 2.75) is 44.6 Å². The Bertz CT molecular complexity index is 192. The fourth-order valence-corrected chi connectivity index (χ4v) is 4.39. The highest BCUT2D eigenvalue weighted by Gasteiger charge is 2.50. The Kier molecular flexibility index (Phi) is 4.36. The minimum atomic E-state index is -3.04. The molecule has 2 N–H and O–H groups in total. The van der Waals surface area contributed by atoms with Crippen molar-refractivity contribution in [1.29, 1.82) is 0 Å². The van der Waals surface area contributed by atoms with Crippen molar-refractivity contribution < 1.29 is 18.8 Å². The van der Waals surface area contributed by atoms with Gasteiger partial charge in [0, 0.05) is 11.9 Å². The summed E-state index contributed by atoms with van der Waals surface area (Å²) in [4.78, 5) is 9.94. The van der Waals surface area contributed by atoms with E-state index in [1.807, 2.05) is 0 Å². The summed E-state index contributed by atoms with van der Waals surface area (Å²) in [5.41, 5.74) is 0. The van der Waals surface area contributed by atoms with Gasteiger partial charge in [0.1, 0.15) is 0 Å². The third-order valence-corrected chi connectivity index (χ3v) is 4.89. The molecule has 1 saturated heterocycles. The van der Waals surface area contributed by atoms with Crippen LogP contribution in [-0.4, -0.2) is 42.9 Å². The summed E-state index contributed by atoms with van der Waals surface area (Å²) in [6.07, 6.45) is -0.615. The molecule has 0 saturated carbocycles. The van der Waals surface area contributed by atoms with Gasteiger partial charge in [0.25, 0.3) is 0 Å². The zero-order valence-electron chi connectivity index (χ0n) is 8.44. The van der Waals surface area contributed by atoms with Crippen LogP contribution in [0.3, 0.4) is 0 Å². The summed E-state index contributed by atoms with van der Waals surface area (Å²) in [5.74, 6) is 0.482. The maximum atomic E-state index is 9.94. The lowest BCUT2D eigenvalue weighted by Crippen LogP contribution is -2.38. The van der Waals surface area contributed by atoms with E-state index in [0.717, 1.165) is 0 Å². The second-order valence-corrected chi connectivity index (χ2v) is 6.43. The molecule has 0 radical (unpaired) electrons. The van der Waals surface area contributed by atoms with Crippen LogP contribution < -0.4 is 0 Å². The number of aliphatic hydroxyl groups excluding tert-OH is 1. The third kappa shape index (κ3) is 2.92. The first kappa shape index (κ1) is 12.4. The van der Waals surface area contributed by atoms with Gasteiger partial charge < -0.3 is 18.8 Å². The van der Waals surface area contributed by atoms with Crippen molar-refractivity contribution >= 4 is 20.4 Å². The highest BCUT2D eigenvalue weighted by molar-refractivity contribution is 6.59. The molecule has 0 bridgehead atoms. The van der Waals surface area contributed by atoms with E-state index in [1.54, 1.807) is 13.8 Å². The van der Waals surface area contributed by atoms with Crippen LogP contribution in [0.1, 0.15) is 20.3 Å². The van der Waals surface area contributed by atoms with Gasteiger partial charge in [-0.05, 0) is 20.3 Å². The van der Waals surface area contributed by atoms with E-state index in [9.17, 15) is 9.90 Å². The molecule has 14 heavy (non-hydrogen) atoms. The number of alkyl halides is 1. The van der Waals surface area contributed by atoms with Crippen molar-refractivity contribution in [3.05, 3.63) is 0 Å². The molecule has 84 valence electrons. The summed E-state index contributed by atoms with van der Waals surface area (Å²) in [6, 6.07) is 0.462. The number of aliphatic hydroxyl groups is 1. The topological polar surface area (TPSA) is 58.9 Å². The van der Waals surface area contributed by atoms with Crippen LogP contribution in [0.5, 0.6) is 0 Å². The monoisotopic (exact) mass is 240 g/mol. The molecule has 1 aliphatic rings. The van der Waals surface area contributed by atoms with Gasteiger partial charge in [0.2, 0.25) is 0 Å². The molecule has 1 fully saturated rings. The van der Waals surface area contributed by atoms with Gasteiger partial charge in [0.15, 0.2) is 0 Å².